The summed E-state index contributed by atoms with van der Waals surface area (Å²) in [6.07, 6.45) is 1.08. The molecule has 1 amide bonds. The van der Waals surface area contributed by atoms with Crippen LogP contribution in [0.25, 0.3) is 10.2 Å². The van der Waals surface area contributed by atoms with Gasteiger partial charge in [0.1, 0.15) is 11.6 Å². The second-order valence-electron chi connectivity index (χ2n) is 6.48. The molecule has 0 atom stereocenters. The van der Waals surface area contributed by atoms with Crippen LogP contribution >= 0.6 is 23.1 Å². The van der Waals surface area contributed by atoms with Crippen molar-refractivity contribution in [2.75, 3.05) is 26.1 Å². The first-order valence-electron chi connectivity index (χ1n) is 9.81. The van der Waals surface area contributed by atoms with Gasteiger partial charge in [-0.15, -0.1) is 11.8 Å². The maximum Gasteiger partial charge on any atom is 0.248 e. The van der Waals surface area contributed by atoms with Crippen LogP contribution in [-0.4, -0.2) is 36.6 Å². The molecule has 0 aliphatic carbocycles. The maximum atomic E-state index is 13.0. The van der Waals surface area contributed by atoms with E-state index in [1.807, 2.05) is 29.7 Å². The van der Waals surface area contributed by atoms with Crippen LogP contribution < -0.4 is 9.54 Å². The van der Waals surface area contributed by atoms with Gasteiger partial charge in [0.25, 0.3) is 0 Å². The minimum atomic E-state index is -0.244. The van der Waals surface area contributed by atoms with Gasteiger partial charge in [-0.1, -0.05) is 11.3 Å². The first-order valence-corrected chi connectivity index (χ1v) is 11.6. The summed E-state index contributed by atoms with van der Waals surface area (Å²) in [7, 11) is 1.64. The molecule has 3 aromatic rings. The third-order valence-corrected chi connectivity index (χ3v) is 6.53. The minimum Gasteiger partial charge on any atom is -0.497 e. The number of halogens is 1. The van der Waals surface area contributed by atoms with Gasteiger partial charge in [-0.2, -0.15) is 4.99 Å². The van der Waals surface area contributed by atoms with Crippen molar-refractivity contribution in [3.63, 3.8) is 0 Å². The predicted molar refractivity (Wildman–Crippen MR) is 120 cm³/mol. The summed E-state index contributed by atoms with van der Waals surface area (Å²) in [5.74, 6) is 1.17. The van der Waals surface area contributed by atoms with E-state index in [1.165, 1.54) is 23.5 Å². The largest absolute Gasteiger partial charge is 0.497 e. The van der Waals surface area contributed by atoms with Crippen LogP contribution in [0.3, 0.4) is 0 Å². The molecule has 5 nitrogen and oxygen atoms in total. The van der Waals surface area contributed by atoms with Gasteiger partial charge >= 0.3 is 0 Å². The van der Waals surface area contributed by atoms with E-state index in [9.17, 15) is 9.18 Å². The quantitative estimate of drug-likeness (QED) is 0.327. The zero-order valence-corrected chi connectivity index (χ0v) is 18.7. The highest BCUT2D eigenvalue weighted by molar-refractivity contribution is 7.99. The molecule has 160 valence electrons. The van der Waals surface area contributed by atoms with Gasteiger partial charge in [-0.25, -0.2) is 4.39 Å². The molecule has 3 rings (SSSR count). The van der Waals surface area contributed by atoms with Crippen LogP contribution in [0.5, 0.6) is 5.75 Å². The van der Waals surface area contributed by atoms with Crippen LogP contribution in [0, 0.1) is 5.82 Å². The van der Waals surface area contributed by atoms with Gasteiger partial charge in [0.2, 0.25) is 5.91 Å². The fourth-order valence-corrected chi connectivity index (χ4v) is 4.84. The summed E-state index contributed by atoms with van der Waals surface area (Å²) in [6, 6.07) is 12.2. The van der Waals surface area contributed by atoms with Gasteiger partial charge in [-0.05, 0) is 61.6 Å². The molecule has 30 heavy (non-hydrogen) atoms. The Morgan fingerprint density at radius 1 is 1.23 bits per heavy atom. The van der Waals surface area contributed by atoms with Crippen LogP contribution in [0.1, 0.15) is 19.8 Å². The zero-order valence-electron chi connectivity index (χ0n) is 17.1. The van der Waals surface area contributed by atoms with Crippen molar-refractivity contribution in [3.05, 3.63) is 53.1 Å². The molecular weight excluding hydrogens is 423 g/mol. The normalized spacial score (nSPS) is 11.9. The fourth-order valence-electron chi connectivity index (χ4n) is 2.89. The third kappa shape index (κ3) is 6.17. The van der Waals surface area contributed by atoms with E-state index in [1.54, 1.807) is 31.0 Å². The van der Waals surface area contributed by atoms with Crippen molar-refractivity contribution in [2.45, 2.75) is 31.2 Å². The van der Waals surface area contributed by atoms with E-state index >= 15 is 0 Å². The molecule has 2 aromatic carbocycles. The molecule has 0 saturated heterocycles. The number of carbonyl (C=O) groups is 1. The summed E-state index contributed by atoms with van der Waals surface area (Å²) in [4.78, 5) is 18.5. The lowest BCUT2D eigenvalue weighted by atomic mass is 10.3. The Morgan fingerprint density at radius 2 is 2.03 bits per heavy atom. The van der Waals surface area contributed by atoms with Crippen molar-refractivity contribution in [3.8, 4) is 5.75 Å². The van der Waals surface area contributed by atoms with E-state index in [-0.39, 0.29) is 11.7 Å². The Hall–Kier alpha value is -2.16. The van der Waals surface area contributed by atoms with E-state index in [4.69, 9.17) is 9.47 Å². The summed E-state index contributed by atoms with van der Waals surface area (Å²) < 4.78 is 26.8. The van der Waals surface area contributed by atoms with Crippen LogP contribution in [0.15, 0.2) is 52.4 Å². The summed E-state index contributed by atoms with van der Waals surface area (Å²) in [5, 5.41) is 0. The molecule has 0 N–H and O–H groups in total. The van der Waals surface area contributed by atoms with Crippen LogP contribution in [-0.2, 0) is 16.1 Å². The Balaban J connectivity index is 1.68. The highest BCUT2D eigenvalue weighted by Crippen LogP contribution is 2.23. The monoisotopic (exact) mass is 448 g/mol. The number of carbonyl (C=O) groups excluding carboxylic acids is 1. The number of nitrogens with zero attached hydrogens (tertiary/aromatic N) is 2. The number of thiazole rings is 1. The third-order valence-electron chi connectivity index (χ3n) is 4.39. The van der Waals surface area contributed by atoms with Crippen molar-refractivity contribution in [1.82, 2.24) is 4.57 Å². The van der Waals surface area contributed by atoms with Gasteiger partial charge in [0, 0.05) is 24.5 Å². The Morgan fingerprint density at radius 3 is 2.77 bits per heavy atom. The molecule has 0 radical (unpaired) electrons. The molecule has 1 aromatic heterocycles. The van der Waals surface area contributed by atoms with Gasteiger partial charge < -0.3 is 14.0 Å². The lowest BCUT2D eigenvalue weighted by Gasteiger charge is -2.06. The lowest BCUT2D eigenvalue weighted by Crippen LogP contribution is -2.19. The predicted octanol–water partition coefficient (Wildman–Crippen LogP) is 4.89. The lowest BCUT2D eigenvalue weighted by molar-refractivity contribution is -0.118. The number of amides is 1. The second-order valence-corrected chi connectivity index (χ2v) is 8.66. The number of benzene rings is 2. The summed E-state index contributed by atoms with van der Waals surface area (Å²) >= 11 is 3.08. The topological polar surface area (TPSA) is 52.8 Å². The van der Waals surface area contributed by atoms with Crippen molar-refractivity contribution in [1.29, 1.82) is 0 Å². The fraction of sp³-hybridized carbons (Fsp3) is 0.364. The SMILES string of the molecule is CCOCCn1c(=NC(=O)CCCSc2ccc(F)cc2)sc2cc(OC)ccc21. The number of methoxy groups -OCH3 is 1. The Kier molecular flexibility index (Phi) is 8.48. The molecule has 0 spiro atoms. The summed E-state index contributed by atoms with van der Waals surface area (Å²) in [5.41, 5.74) is 1.01. The summed E-state index contributed by atoms with van der Waals surface area (Å²) in [6.45, 7) is 3.80. The number of thioether (sulfide) groups is 1. The van der Waals surface area contributed by atoms with E-state index in [0.717, 1.165) is 26.6 Å². The Bertz CT molecular complexity index is 1040. The second kappa shape index (κ2) is 11.3. The maximum absolute atomic E-state index is 13.0. The highest BCUT2D eigenvalue weighted by Gasteiger charge is 2.09. The average Bonchev–Trinajstić information content (AvgIpc) is 3.08. The van der Waals surface area contributed by atoms with E-state index in [0.29, 0.717) is 37.4 Å². The minimum absolute atomic E-state index is 0.140. The molecule has 0 aliphatic rings. The van der Waals surface area contributed by atoms with Gasteiger partial charge in [0.05, 0.1) is 23.9 Å². The molecule has 8 heteroatoms. The van der Waals surface area contributed by atoms with E-state index < -0.39 is 0 Å². The Labute approximate surface area is 183 Å². The smallest absolute Gasteiger partial charge is 0.248 e. The molecule has 0 saturated carbocycles. The number of hydrogen-bond donors (Lipinski definition) is 0. The van der Waals surface area contributed by atoms with Gasteiger partial charge in [0.15, 0.2) is 4.80 Å². The number of aromatic nitrogens is 1. The number of hydrogen-bond acceptors (Lipinski definition) is 5. The number of fused-ring (bicyclic) bond motifs is 1. The first kappa shape index (κ1) is 22.5. The van der Waals surface area contributed by atoms with Crippen molar-refractivity contribution in [2.24, 2.45) is 4.99 Å². The number of ether oxygens (including phenoxy) is 2. The zero-order chi connectivity index (χ0) is 21.3. The van der Waals surface area contributed by atoms with Crippen LogP contribution in [0.4, 0.5) is 4.39 Å². The standard InChI is InChI=1S/C22H25FN2O3S2/c1-3-28-13-12-25-19-11-8-17(27-2)15-20(19)30-22(25)24-21(26)5-4-14-29-18-9-6-16(23)7-10-18/h6-11,15H,3-5,12-14H2,1-2H3. The van der Waals surface area contributed by atoms with Gasteiger partial charge in [-0.3, -0.25) is 4.79 Å². The number of rotatable bonds is 10. The van der Waals surface area contributed by atoms with Crippen LogP contribution in [0.2, 0.25) is 0 Å². The van der Waals surface area contributed by atoms with Crippen molar-refractivity contribution < 1.29 is 18.7 Å². The molecule has 0 unspecified atom stereocenters. The van der Waals surface area contributed by atoms with Crippen molar-refractivity contribution >= 4 is 39.2 Å². The molecule has 0 aliphatic heterocycles. The average molecular weight is 449 g/mol. The molecule has 1 heterocycles. The van der Waals surface area contributed by atoms with E-state index in [2.05, 4.69) is 4.99 Å². The first-order chi connectivity index (χ1) is 14.6. The molecule has 0 fully saturated rings. The molecule has 0 bridgehead atoms. The molecular formula is C22H25FN2O3S2. The highest BCUT2D eigenvalue weighted by atomic mass is 32.2.